The fourth-order valence-electron chi connectivity index (χ4n) is 2.30. The molecule has 3 aromatic rings. The van der Waals surface area contributed by atoms with Gasteiger partial charge in [-0.15, -0.1) is 0 Å². The number of benzene rings is 1. The highest BCUT2D eigenvalue weighted by atomic mass is 35.5. The standard InChI is InChI=1S/C19H18ClFN2O2/c20-16-12-14(5-7-17(16)21)18-8-6-15(25-18)13-22-9-3-11-24-19-4-1-2-10-23-19/h1-2,4-8,10,12,22H,3,9,11,13H2. The van der Waals surface area contributed by atoms with E-state index in [4.69, 9.17) is 20.8 Å². The Hall–Kier alpha value is -2.37. The van der Waals surface area contributed by atoms with Gasteiger partial charge in [0.1, 0.15) is 17.3 Å². The van der Waals surface area contributed by atoms with E-state index in [9.17, 15) is 4.39 Å². The molecule has 0 spiro atoms. The first kappa shape index (κ1) is 17.5. The maximum Gasteiger partial charge on any atom is 0.213 e. The van der Waals surface area contributed by atoms with Crippen molar-refractivity contribution < 1.29 is 13.5 Å². The monoisotopic (exact) mass is 360 g/mol. The van der Waals surface area contributed by atoms with Crippen LogP contribution in [-0.4, -0.2) is 18.1 Å². The summed E-state index contributed by atoms with van der Waals surface area (Å²) in [6.45, 7) is 2.01. The van der Waals surface area contributed by atoms with E-state index in [2.05, 4.69) is 10.3 Å². The molecular weight excluding hydrogens is 343 g/mol. The highest BCUT2D eigenvalue weighted by Gasteiger charge is 2.07. The Labute approximate surface area is 150 Å². The lowest BCUT2D eigenvalue weighted by molar-refractivity contribution is 0.296. The molecule has 2 heterocycles. The zero-order valence-electron chi connectivity index (χ0n) is 13.5. The number of pyridine rings is 1. The topological polar surface area (TPSA) is 47.3 Å². The highest BCUT2D eigenvalue weighted by Crippen LogP contribution is 2.26. The van der Waals surface area contributed by atoms with E-state index < -0.39 is 5.82 Å². The summed E-state index contributed by atoms with van der Waals surface area (Å²) in [4.78, 5) is 4.10. The van der Waals surface area contributed by atoms with E-state index in [1.165, 1.54) is 6.07 Å². The van der Waals surface area contributed by atoms with Gasteiger partial charge in [-0.1, -0.05) is 17.7 Å². The third kappa shape index (κ3) is 5.05. The summed E-state index contributed by atoms with van der Waals surface area (Å²) in [5, 5.41) is 3.38. The van der Waals surface area contributed by atoms with Crippen LogP contribution in [0.2, 0.25) is 5.02 Å². The number of hydrogen-bond donors (Lipinski definition) is 1. The molecule has 0 amide bonds. The summed E-state index contributed by atoms with van der Waals surface area (Å²) in [5.74, 6) is 1.67. The van der Waals surface area contributed by atoms with Crippen molar-refractivity contribution >= 4 is 11.6 Å². The largest absolute Gasteiger partial charge is 0.478 e. The van der Waals surface area contributed by atoms with E-state index in [1.807, 2.05) is 30.3 Å². The Balaban J connectivity index is 1.40. The van der Waals surface area contributed by atoms with Crippen molar-refractivity contribution in [1.29, 1.82) is 0 Å². The lowest BCUT2D eigenvalue weighted by Crippen LogP contribution is -2.16. The minimum Gasteiger partial charge on any atom is -0.478 e. The third-order valence-corrected chi connectivity index (χ3v) is 3.84. The number of nitrogens with zero attached hydrogens (tertiary/aromatic N) is 1. The molecule has 25 heavy (non-hydrogen) atoms. The zero-order chi connectivity index (χ0) is 17.5. The Morgan fingerprint density at radius 2 is 2.08 bits per heavy atom. The van der Waals surface area contributed by atoms with Gasteiger partial charge in [-0.05, 0) is 49.4 Å². The van der Waals surface area contributed by atoms with Crippen molar-refractivity contribution in [1.82, 2.24) is 10.3 Å². The quantitative estimate of drug-likeness (QED) is 0.592. The Morgan fingerprint density at radius 3 is 2.88 bits per heavy atom. The molecule has 1 N–H and O–H groups in total. The summed E-state index contributed by atoms with van der Waals surface area (Å²) >= 11 is 5.80. The van der Waals surface area contributed by atoms with Gasteiger partial charge in [-0.3, -0.25) is 0 Å². The fourth-order valence-corrected chi connectivity index (χ4v) is 2.48. The molecule has 3 rings (SSSR count). The van der Waals surface area contributed by atoms with Gasteiger partial charge >= 0.3 is 0 Å². The van der Waals surface area contributed by atoms with Crippen molar-refractivity contribution in [2.45, 2.75) is 13.0 Å². The molecule has 0 radical (unpaired) electrons. The molecule has 0 atom stereocenters. The van der Waals surface area contributed by atoms with E-state index >= 15 is 0 Å². The van der Waals surface area contributed by atoms with Crippen LogP contribution in [0.5, 0.6) is 5.88 Å². The smallest absolute Gasteiger partial charge is 0.213 e. The molecule has 0 fully saturated rings. The second-order valence-corrected chi connectivity index (χ2v) is 5.85. The molecule has 0 aliphatic heterocycles. The summed E-state index contributed by atoms with van der Waals surface area (Å²) in [6.07, 6.45) is 2.56. The SMILES string of the molecule is Fc1ccc(-c2ccc(CNCCCOc3ccccn3)o2)cc1Cl. The molecule has 0 bridgehead atoms. The van der Waals surface area contributed by atoms with Gasteiger partial charge in [0.05, 0.1) is 18.2 Å². The van der Waals surface area contributed by atoms with Crippen LogP contribution in [-0.2, 0) is 6.54 Å². The Morgan fingerprint density at radius 1 is 1.16 bits per heavy atom. The second-order valence-electron chi connectivity index (χ2n) is 5.44. The first-order valence-corrected chi connectivity index (χ1v) is 8.39. The first-order valence-electron chi connectivity index (χ1n) is 8.01. The minimum atomic E-state index is -0.438. The van der Waals surface area contributed by atoms with E-state index in [-0.39, 0.29) is 5.02 Å². The number of rotatable bonds is 8. The molecule has 2 aromatic heterocycles. The molecule has 0 unspecified atom stereocenters. The average Bonchev–Trinajstić information content (AvgIpc) is 3.10. The van der Waals surface area contributed by atoms with Crippen LogP contribution in [0.15, 0.2) is 59.1 Å². The molecule has 6 heteroatoms. The van der Waals surface area contributed by atoms with Crippen LogP contribution in [0.1, 0.15) is 12.2 Å². The summed E-state index contributed by atoms with van der Waals surface area (Å²) < 4.78 is 24.5. The molecule has 0 aliphatic rings. The summed E-state index contributed by atoms with van der Waals surface area (Å²) in [7, 11) is 0. The minimum absolute atomic E-state index is 0.0847. The van der Waals surface area contributed by atoms with Gasteiger partial charge in [0.25, 0.3) is 0 Å². The molecule has 4 nitrogen and oxygen atoms in total. The maximum absolute atomic E-state index is 13.2. The van der Waals surface area contributed by atoms with E-state index in [1.54, 1.807) is 18.3 Å². The number of aromatic nitrogens is 1. The van der Waals surface area contributed by atoms with Crippen LogP contribution in [0, 0.1) is 5.82 Å². The Bertz CT molecular complexity index is 808. The molecule has 0 aliphatic carbocycles. The predicted molar refractivity (Wildman–Crippen MR) is 95.2 cm³/mol. The lowest BCUT2D eigenvalue weighted by atomic mass is 10.2. The number of furan rings is 1. The molecular formula is C19H18ClFN2O2. The van der Waals surface area contributed by atoms with Crippen molar-refractivity contribution in [2.75, 3.05) is 13.2 Å². The number of nitrogens with one attached hydrogen (secondary N) is 1. The van der Waals surface area contributed by atoms with Crippen molar-refractivity contribution in [3.8, 4) is 17.2 Å². The van der Waals surface area contributed by atoms with Crippen molar-refractivity contribution in [3.05, 3.63) is 71.3 Å². The van der Waals surface area contributed by atoms with Gasteiger partial charge < -0.3 is 14.5 Å². The van der Waals surface area contributed by atoms with Crippen molar-refractivity contribution in [2.24, 2.45) is 0 Å². The number of hydrogen-bond acceptors (Lipinski definition) is 4. The van der Waals surface area contributed by atoms with E-state index in [0.717, 1.165) is 24.3 Å². The summed E-state index contributed by atoms with van der Waals surface area (Å²) in [6, 6.07) is 13.9. The average molecular weight is 361 g/mol. The Kier molecular flexibility index (Phi) is 6.04. The van der Waals surface area contributed by atoms with Crippen LogP contribution in [0.3, 0.4) is 0 Å². The van der Waals surface area contributed by atoms with Crippen LogP contribution < -0.4 is 10.1 Å². The first-order chi connectivity index (χ1) is 12.2. The number of halogens is 2. The van der Waals surface area contributed by atoms with Crippen LogP contribution in [0.4, 0.5) is 4.39 Å². The maximum atomic E-state index is 13.2. The predicted octanol–water partition coefficient (Wildman–Crippen LogP) is 4.69. The van der Waals surface area contributed by atoms with Gasteiger partial charge in [-0.2, -0.15) is 0 Å². The zero-order valence-corrected chi connectivity index (χ0v) is 14.3. The van der Waals surface area contributed by atoms with E-state index in [0.29, 0.717) is 24.8 Å². The fraction of sp³-hybridized carbons (Fsp3) is 0.211. The summed E-state index contributed by atoms with van der Waals surface area (Å²) in [5.41, 5.74) is 0.751. The molecule has 130 valence electrons. The molecule has 0 saturated heterocycles. The van der Waals surface area contributed by atoms with Gasteiger partial charge in [0, 0.05) is 17.8 Å². The molecule has 1 aromatic carbocycles. The highest BCUT2D eigenvalue weighted by molar-refractivity contribution is 6.31. The van der Waals surface area contributed by atoms with Crippen LogP contribution in [0.25, 0.3) is 11.3 Å². The normalized spacial score (nSPS) is 10.8. The van der Waals surface area contributed by atoms with Gasteiger partial charge in [0.15, 0.2) is 0 Å². The van der Waals surface area contributed by atoms with Gasteiger partial charge in [0.2, 0.25) is 5.88 Å². The van der Waals surface area contributed by atoms with Crippen molar-refractivity contribution in [3.63, 3.8) is 0 Å². The third-order valence-electron chi connectivity index (χ3n) is 3.55. The number of ether oxygens (including phenoxy) is 1. The molecule has 0 saturated carbocycles. The van der Waals surface area contributed by atoms with Crippen LogP contribution >= 0.6 is 11.6 Å². The van der Waals surface area contributed by atoms with Gasteiger partial charge in [-0.25, -0.2) is 9.37 Å². The lowest BCUT2D eigenvalue weighted by Gasteiger charge is -2.05. The second kappa shape index (κ2) is 8.65.